The van der Waals surface area contributed by atoms with Crippen molar-refractivity contribution < 1.29 is 14.0 Å². The van der Waals surface area contributed by atoms with Crippen LogP contribution in [0.15, 0.2) is 29.3 Å². The molecule has 116 valence electrons. The molecule has 1 unspecified atom stereocenters. The maximum atomic E-state index is 12.8. The Balaban J connectivity index is 1.54. The quantitative estimate of drug-likeness (QED) is 0.927. The number of likely N-dealkylation sites (tertiary alicyclic amines) is 1. The predicted molar refractivity (Wildman–Crippen MR) is 84.3 cm³/mol. The van der Waals surface area contributed by atoms with Crippen LogP contribution in [0.3, 0.4) is 0 Å². The molecule has 22 heavy (non-hydrogen) atoms. The molecule has 0 bridgehead atoms. The van der Waals surface area contributed by atoms with Crippen molar-refractivity contribution in [2.24, 2.45) is 4.99 Å². The van der Waals surface area contributed by atoms with Gasteiger partial charge in [0.25, 0.3) is 5.91 Å². The lowest BCUT2D eigenvalue weighted by molar-refractivity contribution is -0.121. The summed E-state index contributed by atoms with van der Waals surface area (Å²) in [6.07, 6.45) is 2.30. The van der Waals surface area contributed by atoms with Crippen molar-refractivity contribution in [1.29, 1.82) is 0 Å². The summed E-state index contributed by atoms with van der Waals surface area (Å²) in [7, 11) is 0. The molecule has 3 rings (SSSR count). The normalized spacial score (nSPS) is 21.1. The van der Waals surface area contributed by atoms with Crippen molar-refractivity contribution in [3.8, 4) is 0 Å². The first-order valence-corrected chi connectivity index (χ1v) is 8.09. The third kappa shape index (κ3) is 3.47. The summed E-state index contributed by atoms with van der Waals surface area (Å²) in [4.78, 5) is 30.1. The summed E-state index contributed by atoms with van der Waals surface area (Å²) in [5.74, 6) is -0.875. The van der Waals surface area contributed by atoms with Crippen molar-refractivity contribution in [3.05, 3.63) is 30.1 Å². The molecule has 1 aromatic rings. The first kappa shape index (κ1) is 15.0. The van der Waals surface area contributed by atoms with E-state index in [1.54, 1.807) is 0 Å². The fourth-order valence-corrected chi connectivity index (χ4v) is 3.58. The van der Waals surface area contributed by atoms with Gasteiger partial charge in [-0.05, 0) is 37.1 Å². The Labute approximate surface area is 132 Å². The molecule has 5 nitrogen and oxygen atoms in total. The minimum atomic E-state index is -0.462. The third-order valence-corrected chi connectivity index (χ3v) is 4.82. The van der Waals surface area contributed by atoms with Crippen molar-refractivity contribution in [3.63, 3.8) is 0 Å². The minimum absolute atomic E-state index is 0.0711. The van der Waals surface area contributed by atoms with Crippen LogP contribution in [0.4, 0.5) is 10.1 Å². The second kappa shape index (κ2) is 6.48. The predicted octanol–water partition coefficient (Wildman–Crippen LogP) is 2.25. The summed E-state index contributed by atoms with van der Waals surface area (Å²) in [6, 6.07) is 5.53. The van der Waals surface area contributed by atoms with Gasteiger partial charge in [0.2, 0.25) is 5.91 Å². The number of nitrogens with zero attached hydrogens (tertiary/aromatic N) is 2. The van der Waals surface area contributed by atoms with E-state index in [0.29, 0.717) is 5.69 Å². The summed E-state index contributed by atoms with van der Waals surface area (Å²) in [6.45, 7) is 1.85. The largest absolute Gasteiger partial charge is 0.351 e. The fraction of sp³-hybridized carbons (Fsp3) is 0.400. The number of amides is 2. The zero-order valence-electron chi connectivity index (χ0n) is 11.9. The molecule has 2 aliphatic rings. The Hall–Kier alpha value is -1.89. The smallest absolute Gasteiger partial charge is 0.262 e. The molecule has 0 aliphatic carbocycles. The molecule has 0 spiro atoms. The van der Waals surface area contributed by atoms with E-state index in [1.807, 2.05) is 0 Å². The van der Waals surface area contributed by atoms with Crippen LogP contribution in [0.2, 0.25) is 0 Å². The van der Waals surface area contributed by atoms with Gasteiger partial charge in [0, 0.05) is 25.2 Å². The second-order valence-electron chi connectivity index (χ2n) is 5.29. The number of carbonyl (C=O) groups excluding carboxylic acids is 2. The molecule has 1 aromatic carbocycles. The van der Waals surface area contributed by atoms with Gasteiger partial charge < -0.3 is 10.2 Å². The Bertz CT molecular complexity index is 612. The lowest BCUT2D eigenvalue weighted by Gasteiger charge is -2.16. The Morgan fingerprint density at radius 3 is 2.68 bits per heavy atom. The zero-order chi connectivity index (χ0) is 15.5. The van der Waals surface area contributed by atoms with Crippen LogP contribution < -0.4 is 5.32 Å². The first-order valence-electron chi connectivity index (χ1n) is 7.21. The number of nitrogens with one attached hydrogen (secondary N) is 1. The minimum Gasteiger partial charge on any atom is -0.351 e. The number of carbonyl (C=O) groups is 2. The molecular weight excluding hydrogens is 305 g/mol. The SMILES string of the molecule is O=C(CC1SC(N2CCCC2)=NC1=O)Nc1ccc(F)cc1. The van der Waals surface area contributed by atoms with E-state index < -0.39 is 5.25 Å². The number of anilines is 1. The molecule has 2 aliphatic heterocycles. The highest BCUT2D eigenvalue weighted by atomic mass is 32.2. The lowest BCUT2D eigenvalue weighted by atomic mass is 10.2. The number of hydrogen-bond acceptors (Lipinski definition) is 4. The van der Waals surface area contributed by atoms with Crippen molar-refractivity contribution in [2.45, 2.75) is 24.5 Å². The molecule has 1 saturated heterocycles. The van der Waals surface area contributed by atoms with E-state index >= 15 is 0 Å². The second-order valence-corrected chi connectivity index (χ2v) is 6.46. The third-order valence-electron chi connectivity index (χ3n) is 3.60. The molecular formula is C15H16FN3O2S. The molecule has 1 N–H and O–H groups in total. The fourth-order valence-electron chi connectivity index (χ4n) is 2.47. The Morgan fingerprint density at radius 2 is 2.00 bits per heavy atom. The highest BCUT2D eigenvalue weighted by molar-refractivity contribution is 8.15. The molecule has 0 saturated carbocycles. The van der Waals surface area contributed by atoms with E-state index in [4.69, 9.17) is 0 Å². The summed E-state index contributed by atoms with van der Waals surface area (Å²) < 4.78 is 12.8. The number of hydrogen-bond donors (Lipinski definition) is 1. The van der Waals surface area contributed by atoms with Crippen LogP contribution in [0.5, 0.6) is 0 Å². The van der Waals surface area contributed by atoms with Crippen LogP contribution in [-0.4, -0.2) is 40.2 Å². The molecule has 1 atom stereocenters. The molecule has 0 aromatic heterocycles. The van der Waals surface area contributed by atoms with E-state index in [1.165, 1.54) is 36.0 Å². The molecule has 7 heteroatoms. The van der Waals surface area contributed by atoms with E-state index in [2.05, 4.69) is 15.2 Å². The van der Waals surface area contributed by atoms with Crippen LogP contribution in [0.1, 0.15) is 19.3 Å². The average Bonchev–Trinajstić information content (AvgIpc) is 3.12. The Morgan fingerprint density at radius 1 is 1.32 bits per heavy atom. The van der Waals surface area contributed by atoms with Crippen molar-refractivity contribution >= 4 is 34.4 Å². The number of thioether (sulfide) groups is 1. The average molecular weight is 321 g/mol. The standard InChI is InChI=1S/C15H16FN3O2S/c16-10-3-5-11(6-4-10)17-13(20)9-12-14(21)18-15(22-12)19-7-1-2-8-19/h3-6,12H,1-2,7-9H2,(H,17,20). The van der Waals surface area contributed by atoms with E-state index in [0.717, 1.165) is 31.1 Å². The first-order chi connectivity index (χ1) is 10.6. The maximum absolute atomic E-state index is 12.8. The monoisotopic (exact) mass is 321 g/mol. The maximum Gasteiger partial charge on any atom is 0.262 e. The topological polar surface area (TPSA) is 61.8 Å². The lowest BCUT2D eigenvalue weighted by Crippen LogP contribution is -2.25. The van der Waals surface area contributed by atoms with E-state index in [9.17, 15) is 14.0 Å². The number of halogens is 1. The van der Waals surface area contributed by atoms with Crippen LogP contribution in [-0.2, 0) is 9.59 Å². The highest BCUT2D eigenvalue weighted by Gasteiger charge is 2.33. The molecule has 2 heterocycles. The van der Waals surface area contributed by atoms with Gasteiger partial charge in [-0.3, -0.25) is 9.59 Å². The van der Waals surface area contributed by atoms with Crippen molar-refractivity contribution in [1.82, 2.24) is 4.90 Å². The molecule has 2 amide bonds. The highest BCUT2D eigenvalue weighted by Crippen LogP contribution is 2.29. The van der Waals surface area contributed by atoms with Gasteiger partial charge in [0.15, 0.2) is 5.17 Å². The van der Waals surface area contributed by atoms with Gasteiger partial charge in [0.1, 0.15) is 11.1 Å². The van der Waals surface area contributed by atoms with Gasteiger partial charge in [-0.25, -0.2) is 4.39 Å². The zero-order valence-corrected chi connectivity index (χ0v) is 12.7. The van der Waals surface area contributed by atoms with Gasteiger partial charge in [-0.2, -0.15) is 4.99 Å². The number of benzene rings is 1. The Kier molecular flexibility index (Phi) is 4.42. The summed E-state index contributed by atoms with van der Waals surface area (Å²) in [5.41, 5.74) is 0.516. The van der Waals surface area contributed by atoms with Crippen LogP contribution >= 0.6 is 11.8 Å². The molecule has 0 radical (unpaired) electrons. The van der Waals surface area contributed by atoms with Gasteiger partial charge in [0.05, 0.1) is 0 Å². The van der Waals surface area contributed by atoms with Gasteiger partial charge >= 0.3 is 0 Å². The van der Waals surface area contributed by atoms with Crippen LogP contribution in [0, 0.1) is 5.82 Å². The van der Waals surface area contributed by atoms with Gasteiger partial charge in [-0.1, -0.05) is 11.8 Å². The van der Waals surface area contributed by atoms with Gasteiger partial charge in [-0.15, -0.1) is 0 Å². The number of aliphatic imine (C=N–C) groups is 1. The van der Waals surface area contributed by atoms with E-state index in [-0.39, 0.29) is 24.1 Å². The summed E-state index contributed by atoms with van der Waals surface area (Å²) >= 11 is 1.36. The number of rotatable bonds is 3. The molecule has 1 fully saturated rings. The number of amidine groups is 1. The summed E-state index contributed by atoms with van der Waals surface area (Å²) in [5, 5.41) is 2.94. The van der Waals surface area contributed by atoms with Crippen LogP contribution in [0.25, 0.3) is 0 Å². The van der Waals surface area contributed by atoms with Crippen molar-refractivity contribution in [2.75, 3.05) is 18.4 Å².